The Kier molecular flexibility index (Phi) is 4.79. The lowest BCUT2D eigenvalue weighted by Gasteiger charge is -2.33. The summed E-state index contributed by atoms with van der Waals surface area (Å²) in [5, 5.41) is 2.25. The Hall–Kier alpha value is -2.90. The Morgan fingerprint density at radius 2 is 1.93 bits per heavy atom. The zero-order chi connectivity index (χ0) is 18.8. The van der Waals surface area contributed by atoms with Gasteiger partial charge >= 0.3 is 5.69 Å². The van der Waals surface area contributed by atoms with Gasteiger partial charge in [-0.2, -0.15) is 0 Å². The van der Waals surface area contributed by atoms with Gasteiger partial charge in [0.05, 0.1) is 19.8 Å². The highest BCUT2D eigenvalue weighted by molar-refractivity contribution is 5.84. The summed E-state index contributed by atoms with van der Waals surface area (Å²) in [7, 11) is 1.66. The van der Waals surface area contributed by atoms with Gasteiger partial charge in [0.25, 0.3) is 5.56 Å². The topological polar surface area (TPSA) is 87.4 Å². The molecule has 140 valence electrons. The molecule has 7 heteroatoms. The van der Waals surface area contributed by atoms with Crippen LogP contribution in [0.25, 0.3) is 10.8 Å². The van der Waals surface area contributed by atoms with E-state index in [9.17, 15) is 9.59 Å². The molecule has 3 aromatic rings. The van der Waals surface area contributed by atoms with Gasteiger partial charge in [0.1, 0.15) is 5.75 Å². The molecule has 0 aliphatic carbocycles. The molecule has 4 rings (SSSR count). The second-order valence-electron chi connectivity index (χ2n) is 6.68. The molecule has 1 saturated heterocycles. The first-order chi connectivity index (χ1) is 13.1. The van der Waals surface area contributed by atoms with E-state index in [0.717, 1.165) is 28.6 Å². The van der Waals surface area contributed by atoms with Crippen LogP contribution in [0.1, 0.15) is 17.4 Å². The van der Waals surface area contributed by atoms with Crippen LogP contribution in [0, 0.1) is 0 Å². The van der Waals surface area contributed by atoms with Crippen LogP contribution in [-0.4, -0.2) is 41.7 Å². The smallest absolute Gasteiger partial charge is 0.325 e. The van der Waals surface area contributed by atoms with Crippen molar-refractivity contribution in [1.29, 1.82) is 0 Å². The maximum Gasteiger partial charge on any atom is 0.325 e. The molecule has 2 heterocycles. The molecule has 0 amide bonds. The van der Waals surface area contributed by atoms with Gasteiger partial charge in [-0.25, -0.2) is 4.79 Å². The summed E-state index contributed by atoms with van der Waals surface area (Å²) >= 11 is 0. The van der Waals surface area contributed by atoms with Gasteiger partial charge in [0.2, 0.25) is 0 Å². The van der Waals surface area contributed by atoms with Gasteiger partial charge in [-0.15, -0.1) is 0 Å². The Morgan fingerprint density at radius 3 is 2.74 bits per heavy atom. The van der Waals surface area contributed by atoms with Crippen molar-refractivity contribution in [1.82, 2.24) is 14.9 Å². The predicted molar refractivity (Wildman–Crippen MR) is 102 cm³/mol. The van der Waals surface area contributed by atoms with Crippen molar-refractivity contribution in [2.45, 2.75) is 12.6 Å². The van der Waals surface area contributed by atoms with Crippen LogP contribution in [0.3, 0.4) is 0 Å². The summed E-state index contributed by atoms with van der Waals surface area (Å²) in [5.41, 5.74) is 0.850. The number of morpholine rings is 1. The molecule has 7 nitrogen and oxygen atoms in total. The van der Waals surface area contributed by atoms with Gasteiger partial charge in [0.15, 0.2) is 0 Å². The van der Waals surface area contributed by atoms with Gasteiger partial charge in [-0.1, -0.05) is 18.2 Å². The van der Waals surface area contributed by atoms with E-state index in [1.165, 1.54) is 6.07 Å². The number of nitrogens with one attached hydrogen (secondary N) is 2. The van der Waals surface area contributed by atoms with E-state index in [1.807, 2.05) is 18.2 Å². The molecule has 0 saturated carbocycles. The van der Waals surface area contributed by atoms with Crippen LogP contribution in [0.15, 0.2) is 52.1 Å². The number of aromatic amines is 2. The van der Waals surface area contributed by atoms with Crippen LogP contribution in [-0.2, 0) is 11.3 Å². The van der Waals surface area contributed by atoms with Crippen molar-refractivity contribution in [3.05, 3.63) is 74.6 Å². The summed E-state index contributed by atoms with van der Waals surface area (Å²) in [6.07, 6.45) is -0.0565. The van der Waals surface area contributed by atoms with E-state index < -0.39 is 5.69 Å². The van der Waals surface area contributed by atoms with Crippen molar-refractivity contribution >= 4 is 10.8 Å². The molecule has 0 spiro atoms. The lowest BCUT2D eigenvalue weighted by Crippen LogP contribution is -2.38. The number of hydrogen-bond donors (Lipinski definition) is 2. The van der Waals surface area contributed by atoms with Gasteiger partial charge in [-0.3, -0.25) is 14.7 Å². The van der Waals surface area contributed by atoms with Crippen LogP contribution < -0.4 is 16.0 Å². The van der Waals surface area contributed by atoms with Crippen molar-refractivity contribution in [3.63, 3.8) is 0 Å². The van der Waals surface area contributed by atoms with Gasteiger partial charge in [-0.05, 0) is 34.5 Å². The Balaban J connectivity index is 1.53. The maximum absolute atomic E-state index is 11.5. The summed E-state index contributed by atoms with van der Waals surface area (Å²) in [4.78, 5) is 30.0. The number of nitrogens with zero attached hydrogens (tertiary/aromatic N) is 1. The molecule has 27 heavy (non-hydrogen) atoms. The molecule has 2 N–H and O–H groups in total. The first-order valence-electron chi connectivity index (χ1n) is 8.85. The summed E-state index contributed by atoms with van der Waals surface area (Å²) in [6.45, 7) is 2.54. The quantitative estimate of drug-likeness (QED) is 0.734. The van der Waals surface area contributed by atoms with Crippen molar-refractivity contribution in [3.8, 4) is 5.75 Å². The van der Waals surface area contributed by atoms with E-state index in [0.29, 0.717) is 25.4 Å². The second-order valence-corrected chi connectivity index (χ2v) is 6.68. The number of rotatable bonds is 4. The summed E-state index contributed by atoms with van der Waals surface area (Å²) in [5.74, 6) is 0.835. The highest BCUT2D eigenvalue weighted by atomic mass is 16.5. The van der Waals surface area contributed by atoms with E-state index in [2.05, 4.69) is 33.1 Å². The molecule has 1 fully saturated rings. The molecule has 1 unspecified atom stereocenters. The molecule has 1 aliphatic rings. The van der Waals surface area contributed by atoms with Gasteiger partial charge < -0.3 is 14.5 Å². The predicted octanol–water partition coefficient (Wildman–Crippen LogP) is 1.80. The maximum atomic E-state index is 11.5. The normalized spacial score (nSPS) is 17.9. The van der Waals surface area contributed by atoms with E-state index in [1.54, 1.807) is 7.11 Å². The minimum atomic E-state index is -0.479. The zero-order valence-electron chi connectivity index (χ0n) is 15.0. The van der Waals surface area contributed by atoms with Crippen molar-refractivity contribution < 1.29 is 9.47 Å². The molecule has 1 aromatic heterocycles. The number of ether oxygens (including phenoxy) is 2. The number of aromatic nitrogens is 2. The zero-order valence-corrected chi connectivity index (χ0v) is 15.0. The third kappa shape index (κ3) is 3.94. The number of hydrogen-bond acceptors (Lipinski definition) is 5. The Morgan fingerprint density at radius 1 is 1.11 bits per heavy atom. The van der Waals surface area contributed by atoms with Crippen LogP contribution in [0.4, 0.5) is 0 Å². The first-order valence-corrected chi connectivity index (χ1v) is 8.85. The van der Waals surface area contributed by atoms with E-state index in [-0.39, 0.29) is 11.7 Å². The van der Waals surface area contributed by atoms with Crippen molar-refractivity contribution in [2.24, 2.45) is 0 Å². The van der Waals surface area contributed by atoms with Crippen LogP contribution in [0.2, 0.25) is 0 Å². The standard InChI is InChI=1S/C20H21N3O4/c1-26-17-5-4-13-8-15(3-2-14(13)9-17)18-12-23(6-7-27-18)11-16-10-19(24)22-20(25)21-16/h2-5,8-10,18H,6-7,11-12H2,1H3,(H2,21,22,24,25). The first kappa shape index (κ1) is 17.5. The van der Waals surface area contributed by atoms with Crippen LogP contribution in [0.5, 0.6) is 5.75 Å². The lowest BCUT2D eigenvalue weighted by atomic mass is 10.0. The number of methoxy groups -OCH3 is 1. The van der Waals surface area contributed by atoms with Crippen LogP contribution >= 0.6 is 0 Å². The molecular weight excluding hydrogens is 346 g/mol. The Labute approximate surface area is 155 Å². The summed E-state index contributed by atoms with van der Waals surface area (Å²) < 4.78 is 11.2. The third-order valence-electron chi connectivity index (χ3n) is 4.80. The molecule has 2 aromatic carbocycles. The molecule has 1 aliphatic heterocycles. The largest absolute Gasteiger partial charge is 0.497 e. The third-order valence-corrected chi connectivity index (χ3v) is 4.80. The fourth-order valence-electron chi connectivity index (χ4n) is 3.46. The second kappa shape index (κ2) is 7.38. The number of fused-ring (bicyclic) bond motifs is 1. The highest BCUT2D eigenvalue weighted by Gasteiger charge is 2.22. The highest BCUT2D eigenvalue weighted by Crippen LogP contribution is 2.28. The monoisotopic (exact) mass is 367 g/mol. The summed E-state index contributed by atoms with van der Waals surface area (Å²) in [6, 6.07) is 13.7. The minimum absolute atomic E-state index is 0.0565. The molecule has 1 atom stereocenters. The SMILES string of the molecule is COc1ccc2cc(C3CN(Cc4cc(=O)[nH]c(=O)[nH]4)CCO3)ccc2c1. The fraction of sp³-hybridized carbons (Fsp3) is 0.300. The molecule has 0 bridgehead atoms. The van der Waals surface area contributed by atoms with E-state index in [4.69, 9.17) is 9.47 Å². The molecule has 0 radical (unpaired) electrons. The number of benzene rings is 2. The Bertz CT molecular complexity index is 1040. The molecular formula is C20H21N3O4. The lowest BCUT2D eigenvalue weighted by molar-refractivity contribution is -0.0332. The minimum Gasteiger partial charge on any atom is -0.497 e. The van der Waals surface area contributed by atoms with E-state index >= 15 is 0 Å². The average molecular weight is 367 g/mol. The average Bonchev–Trinajstić information content (AvgIpc) is 2.66. The van der Waals surface area contributed by atoms with Gasteiger partial charge in [0, 0.05) is 31.4 Å². The van der Waals surface area contributed by atoms with Crippen molar-refractivity contribution in [2.75, 3.05) is 26.8 Å². The number of H-pyrrole nitrogens is 2. The fourth-order valence-corrected chi connectivity index (χ4v) is 3.46.